The molecule has 0 aliphatic carbocycles. The summed E-state index contributed by atoms with van der Waals surface area (Å²) in [6, 6.07) is 10.0. The Hall–Kier alpha value is -3.04. The van der Waals surface area contributed by atoms with Gasteiger partial charge in [0.2, 0.25) is 5.95 Å². The van der Waals surface area contributed by atoms with Gasteiger partial charge in [0.1, 0.15) is 5.02 Å². The van der Waals surface area contributed by atoms with Crippen LogP contribution in [0.5, 0.6) is 0 Å². The summed E-state index contributed by atoms with van der Waals surface area (Å²) in [5.74, 6) is 0.286. The van der Waals surface area contributed by atoms with Crippen LogP contribution in [0, 0.1) is 11.9 Å². The van der Waals surface area contributed by atoms with E-state index in [4.69, 9.17) is 16.3 Å². The van der Waals surface area contributed by atoms with Crippen molar-refractivity contribution in [2.45, 2.75) is 19.8 Å². The van der Waals surface area contributed by atoms with Crippen molar-refractivity contribution in [2.75, 3.05) is 36.5 Å². The van der Waals surface area contributed by atoms with Gasteiger partial charge in [-0.05, 0) is 62.1 Å². The molecule has 0 saturated carbocycles. The molecule has 1 unspecified atom stereocenters. The molecule has 1 N–H and O–H groups in total. The summed E-state index contributed by atoms with van der Waals surface area (Å²) in [6.07, 6.45) is 3.69. The van der Waals surface area contributed by atoms with Gasteiger partial charge >= 0.3 is 0 Å². The molecule has 32 heavy (non-hydrogen) atoms. The SMILES string of the molecule is CCN(c1ccc(-n2ncc(NCC3CCCOC3)c(Cl)c2=O)cc1)c1ccc(F)nn1. The Bertz CT molecular complexity index is 1100. The van der Waals surface area contributed by atoms with Crippen molar-refractivity contribution in [3.05, 3.63) is 63.9 Å². The molecule has 1 saturated heterocycles. The number of aromatic nitrogens is 4. The molecule has 10 heteroatoms. The molecule has 0 bridgehead atoms. The molecule has 8 nitrogen and oxygen atoms in total. The molecular weight excluding hydrogens is 435 g/mol. The van der Waals surface area contributed by atoms with Crippen LogP contribution in [0.3, 0.4) is 0 Å². The van der Waals surface area contributed by atoms with Crippen molar-refractivity contribution in [3.8, 4) is 5.69 Å². The van der Waals surface area contributed by atoms with E-state index >= 15 is 0 Å². The first-order chi connectivity index (χ1) is 15.6. The van der Waals surface area contributed by atoms with Crippen molar-refractivity contribution >= 4 is 28.8 Å². The Labute approximate surface area is 190 Å². The third kappa shape index (κ3) is 4.89. The van der Waals surface area contributed by atoms with Crippen LogP contribution in [0.2, 0.25) is 5.02 Å². The van der Waals surface area contributed by atoms with E-state index in [0.717, 1.165) is 25.1 Å². The number of anilines is 3. The highest BCUT2D eigenvalue weighted by molar-refractivity contribution is 6.32. The minimum atomic E-state index is -0.632. The highest BCUT2D eigenvalue weighted by Gasteiger charge is 2.16. The van der Waals surface area contributed by atoms with Crippen molar-refractivity contribution in [3.63, 3.8) is 0 Å². The van der Waals surface area contributed by atoms with Crippen LogP contribution in [0.4, 0.5) is 21.6 Å². The molecule has 1 aliphatic rings. The van der Waals surface area contributed by atoms with E-state index in [9.17, 15) is 9.18 Å². The van der Waals surface area contributed by atoms with E-state index in [-0.39, 0.29) is 5.02 Å². The summed E-state index contributed by atoms with van der Waals surface area (Å²) in [7, 11) is 0. The lowest BCUT2D eigenvalue weighted by Crippen LogP contribution is -2.27. The number of rotatable bonds is 7. The van der Waals surface area contributed by atoms with Crippen molar-refractivity contribution < 1.29 is 9.13 Å². The second-order valence-electron chi connectivity index (χ2n) is 7.53. The monoisotopic (exact) mass is 458 g/mol. The highest BCUT2D eigenvalue weighted by Crippen LogP contribution is 2.24. The lowest BCUT2D eigenvalue weighted by molar-refractivity contribution is 0.0595. The molecule has 1 aromatic carbocycles. The van der Waals surface area contributed by atoms with Gasteiger partial charge in [-0.2, -0.15) is 14.2 Å². The predicted octanol–water partition coefficient (Wildman–Crippen LogP) is 3.81. The van der Waals surface area contributed by atoms with E-state index in [1.165, 1.54) is 10.7 Å². The van der Waals surface area contributed by atoms with Gasteiger partial charge < -0.3 is 15.0 Å². The zero-order valence-electron chi connectivity index (χ0n) is 17.7. The number of nitrogens with zero attached hydrogens (tertiary/aromatic N) is 5. The average Bonchev–Trinajstić information content (AvgIpc) is 2.83. The first kappa shape index (κ1) is 22.2. The first-order valence-corrected chi connectivity index (χ1v) is 10.9. The van der Waals surface area contributed by atoms with E-state index in [2.05, 4.69) is 20.6 Å². The molecule has 3 heterocycles. The van der Waals surface area contributed by atoms with E-state index in [0.29, 0.717) is 42.8 Å². The lowest BCUT2D eigenvalue weighted by Gasteiger charge is -2.23. The van der Waals surface area contributed by atoms with Crippen LogP contribution in [0.1, 0.15) is 19.8 Å². The van der Waals surface area contributed by atoms with Crippen molar-refractivity contribution in [2.24, 2.45) is 5.92 Å². The first-order valence-electron chi connectivity index (χ1n) is 10.5. The van der Waals surface area contributed by atoms with Crippen LogP contribution in [-0.2, 0) is 4.74 Å². The zero-order valence-corrected chi connectivity index (χ0v) is 18.4. The average molecular weight is 459 g/mol. The summed E-state index contributed by atoms with van der Waals surface area (Å²) in [6.45, 7) is 4.76. The van der Waals surface area contributed by atoms with Crippen molar-refractivity contribution in [1.82, 2.24) is 20.0 Å². The maximum atomic E-state index is 13.1. The second-order valence-corrected chi connectivity index (χ2v) is 7.91. The van der Waals surface area contributed by atoms with E-state index in [1.807, 2.05) is 24.0 Å². The number of hydrogen-bond acceptors (Lipinski definition) is 7. The fourth-order valence-corrected chi connectivity index (χ4v) is 3.86. The van der Waals surface area contributed by atoms with Gasteiger partial charge in [-0.1, -0.05) is 11.6 Å². The molecule has 3 aromatic rings. The summed E-state index contributed by atoms with van der Waals surface area (Å²) in [5, 5.41) is 15.0. The number of hydrogen-bond donors (Lipinski definition) is 1. The summed E-state index contributed by atoms with van der Waals surface area (Å²) in [5.41, 5.74) is 1.52. The number of halogens is 2. The second kappa shape index (κ2) is 10.1. The quantitative estimate of drug-likeness (QED) is 0.576. The molecular formula is C22H24ClFN6O2. The zero-order chi connectivity index (χ0) is 22.5. The maximum absolute atomic E-state index is 13.1. The summed E-state index contributed by atoms with van der Waals surface area (Å²) >= 11 is 6.34. The normalized spacial score (nSPS) is 16.0. The fraction of sp³-hybridized carbons (Fsp3) is 0.364. The topological polar surface area (TPSA) is 85.2 Å². The molecule has 4 rings (SSSR count). The van der Waals surface area contributed by atoms with Gasteiger partial charge in [-0.25, -0.2) is 0 Å². The molecule has 1 aliphatic heterocycles. The van der Waals surface area contributed by atoms with Gasteiger partial charge in [0.15, 0.2) is 5.82 Å². The largest absolute Gasteiger partial charge is 0.382 e. The van der Waals surface area contributed by atoms with Crippen LogP contribution in [-0.4, -0.2) is 46.3 Å². The third-order valence-corrected chi connectivity index (χ3v) is 5.74. The van der Waals surface area contributed by atoms with Gasteiger partial charge in [-0.3, -0.25) is 4.79 Å². The predicted molar refractivity (Wildman–Crippen MR) is 122 cm³/mol. The van der Waals surface area contributed by atoms with Gasteiger partial charge in [0.05, 0.1) is 24.2 Å². The van der Waals surface area contributed by atoms with Crippen molar-refractivity contribution in [1.29, 1.82) is 0 Å². The Kier molecular flexibility index (Phi) is 6.96. The summed E-state index contributed by atoms with van der Waals surface area (Å²) in [4.78, 5) is 14.7. The molecule has 1 fully saturated rings. The van der Waals surface area contributed by atoms with Crippen LogP contribution >= 0.6 is 11.6 Å². The van der Waals surface area contributed by atoms with Crippen LogP contribution in [0.15, 0.2) is 47.4 Å². The lowest BCUT2D eigenvalue weighted by atomic mass is 10.0. The molecule has 168 valence electrons. The highest BCUT2D eigenvalue weighted by atomic mass is 35.5. The molecule has 0 radical (unpaired) electrons. The molecule has 2 aromatic heterocycles. The Morgan fingerprint density at radius 3 is 2.72 bits per heavy atom. The Morgan fingerprint density at radius 1 is 1.25 bits per heavy atom. The van der Waals surface area contributed by atoms with E-state index < -0.39 is 11.5 Å². The minimum absolute atomic E-state index is 0.0950. The molecule has 0 spiro atoms. The van der Waals surface area contributed by atoms with Crippen LogP contribution in [0.25, 0.3) is 5.69 Å². The van der Waals surface area contributed by atoms with Gasteiger partial charge in [-0.15, -0.1) is 10.2 Å². The maximum Gasteiger partial charge on any atom is 0.292 e. The summed E-state index contributed by atoms with van der Waals surface area (Å²) < 4.78 is 19.8. The van der Waals surface area contributed by atoms with Gasteiger partial charge in [0, 0.05) is 25.4 Å². The number of ether oxygens (including phenoxy) is 1. The fourth-order valence-electron chi connectivity index (χ4n) is 3.67. The number of benzene rings is 1. The standard InChI is InChI=1S/C22H24ClFN6O2/c1-2-29(20-10-9-19(24)27-28-20)16-5-7-17(8-6-16)30-22(31)21(23)18(13-26-30)25-12-15-4-3-11-32-14-15/h5-10,13,15,25H,2-4,11-12,14H2,1H3. The number of nitrogens with one attached hydrogen (secondary N) is 1. The molecule has 0 amide bonds. The third-order valence-electron chi connectivity index (χ3n) is 5.37. The molecule has 1 atom stereocenters. The minimum Gasteiger partial charge on any atom is -0.382 e. The van der Waals surface area contributed by atoms with Crippen LogP contribution < -0.4 is 15.8 Å². The Morgan fingerprint density at radius 2 is 2.06 bits per heavy atom. The van der Waals surface area contributed by atoms with E-state index in [1.54, 1.807) is 24.4 Å². The Balaban J connectivity index is 1.51. The van der Waals surface area contributed by atoms with Gasteiger partial charge in [0.25, 0.3) is 5.56 Å². The smallest absolute Gasteiger partial charge is 0.292 e.